The van der Waals surface area contributed by atoms with Crippen LogP contribution in [0.5, 0.6) is 5.75 Å². The molecule has 2 aromatic carbocycles. The molecule has 1 amide bonds. The van der Waals surface area contributed by atoms with Crippen molar-refractivity contribution in [3.05, 3.63) is 64.9 Å². The summed E-state index contributed by atoms with van der Waals surface area (Å²) >= 11 is 1.32. The van der Waals surface area contributed by atoms with Crippen molar-refractivity contribution < 1.29 is 9.53 Å². The van der Waals surface area contributed by atoms with E-state index in [1.54, 1.807) is 18.2 Å². The number of fused-ring (bicyclic) bond motifs is 1. The van der Waals surface area contributed by atoms with Crippen LogP contribution in [-0.2, 0) is 6.42 Å². The Morgan fingerprint density at radius 1 is 1.15 bits per heavy atom. The van der Waals surface area contributed by atoms with Gasteiger partial charge in [-0.05, 0) is 31.2 Å². The second kappa shape index (κ2) is 7.55. The first-order valence-corrected chi connectivity index (χ1v) is 9.34. The largest absolute Gasteiger partial charge is 0.493 e. The third-order valence-electron chi connectivity index (χ3n) is 3.88. The summed E-state index contributed by atoms with van der Waals surface area (Å²) in [6.45, 7) is 2.37. The maximum absolute atomic E-state index is 12.5. The van der Waals surface area contributed by atoms with Gasteiger partial charge in [-0.15, -0.1) is 10.2 Å². The van der Waals surface area contributed by atoms with Crippen molar-refractivity contribution in [1.29, 1.82) is 0 Å². The smallest absolute Gasteiger partial charge is 0.261 e. The molecule has 2 aromatic heterocycles. The molecule has 4 aromatic rings. The Kier molecular flexibility index (Phi) is 4.80. The van der Waals surface area contributed by atoms with Crippen molar-refractivity contribution in [2.45, 2.75) is 13.3 Å². The number of carbonyl (C=O) groups is 1. The number of imidazole rings is 1. The number of carbonyl (C=O) groups excluding carboxylic acids is 1. The van der Waals surface area contributed by atoms with Crippen LogP contribution in [0.1, 0.15) is 28.1 Å². The van der Waals surface area contributed by atoms with E-state index in [4.69, 9.17) is 4.74 Å². The number of aromatic amines is 1. The number of hydrogen-bond acceptors (Lipinski definition) is 6. The number of ether oxygens (including phenoxy) is 1. The summed E-state index contributed by atoms with van der Waals surface area (Å²) in [5.41, 5.74) is 2.37. The van der Waals surface area contributed by atoms with Gasteiger partial charge in [0.15, 0.2) is 0 Å². The van der Waals surface area contributed by atoms with Crippen LogP contribution in [0.2, 0.25) is 0 Å². The number of aromatic nitrogens is 4. The molecule has 0 saturated heterocycles. The topological polar surface area (TPSA) is 92.8 Å². The number of amides is 1. The number of nitrogens with zero attached hydrogens (tertiary/aromatic N) is 3. The van der Waals surface area contributed by atoms with Crippen molar-refractivity contribution in [2.24, 2.45) is 0 Å². The first-order valence-electron chi connectivity index (χ1n) is 8.52. The SMILES string of the molecule is CCOc1ccccc1C(=O)Nc1nnc(Cc2nc3ccccc3[nH]2)s1. The van der Waals surface area contributed by atoms with Crippen LogP contribution < -0.4 is 10.1 Å². The van der Waals surface area contributed by atoms with E-state index in [9.17, 15) is 4.79 Å². The molecule has 0 fully saturated rings. The molecular formula is C19H17N5O2S. The highest BCUT2D eigenvalue weighted by Gasteiger charge is 2.15. The molecule has 4 rings (SSSR count). The van der Waals surface area contributed by atoms with Crippen LogP contribution in [0.4, 0.5) is 5.13 Å². The fraction of sp³-hybridized carbons (Fsp3) is 0.158. The van der Waals surface area contributed by atoms with Gasteiger partial charge in [0.1, 0.15) is 16.6 Å². The van der Waals surface area contributed by atoms with Crippen molar-refractivity contribution >= 4 is 33.4 Å². The first kappa shape index (κ1) is 17.2. The van der Waals surface area contributed by atoms with Gasteiger partial charge in [0.25, 0.3) is 5.91 Å². The number of hydrogen-bond donors (Lipinski definition) is 2. The van der Waals surface area contributed by atoms with Gasteiger partial charge in [-0.1, -0.05) is 35.6 Å². The van der Waals surface area contributed by atoms with Crippen LogP contribution >= 0.6 is 11.3 Å². The molecule has 8 heteroatoms. The Morgan fingerprint density at radius 2 is 1.96 bits per heavy atom. The van der Waals surface area contributed by atoms with E-state index < -0.39 is 0 Å². The third kappa shape index (κ3) is 3.80. The van der Waals surface area contributed by atoms with Gasteiger partial charge in [-0.2, -0.15) is 0 Å². The summed E-state index contributed by atoms with van der Waals surface area (Å²) in [5.74, 6) is 1.09. The Labute approximate surface area is 159 Å². The highest BCUT2D eigenvalue weighted by molar-refractivity contribution is 7.15. The van der Waals surface area contributed by atoms with E-state index in [-0.39, 0.29) is 5.91 Å². The van der Waals surface area contributed by atoms with E-state index in [2.05, 4.69) is 25.5 Å². The lowest BCUT2D eigenvalue weighted by atomic mass is 10.2. The zero-order valence-electron chi connectivity index (χ0n) is 14.6. The fourth-order valence-corrected chi connectivity index (χ4v) is 3.45. The summed E-state index contributed by atoms with van der Waals surface area (Å²) in [4.78, 5) is 20.3. The van der Waals surface area contributed by atoms with Crippen LogP contribution in [-0.4, -0.2) is 32.7 Å². The number of para-hydroxylation sites is 3. The normalized spacial score (nSPS) is 10.9. The standard InChI is InChI=1S/C19H17N5O2S/c1-2-26-15-10-6-3-7-12(15)18(25)22-19-24-23-17(27-19)11-16-20-13-8-4-5-9-14(13)21-16/h3-10H,2,11H2,1H3,(H,20,21)(H,22,24,25). The predicted octanol–water partition coefficient (Wildman–Crippen LogP) is 3.66. The minimum atomic E-state index is -0.273. The molecular weight excluding hydrogens is 362 g/mol. The summed E-state index contributed by atoms with van der Waals surface area (Å²) in [5, 5.41) is 12.2. The Hall–Kier alpha value is -3.26. The zero-order chi connectivity index (χ0) is 18.6. The molecule has 7 nitrogen and oxygen atoms in total. The van der Waals surface area contributed by atoms with Crippen LogP contribution in [0.3, 0.4) is 0 Å². The Bertz CT molecular complexity index is 1060. The summed E-state index contributed by atoms with van der Waals surface area (Å²) in [6, 6.07) is 15.0. The molecule has 27 heavy (non-hydrogen) atoms. The molecule has 0 aliphatic heterocycles. The van der Waals surface area contributed by atoms with Crippen molar-refractivity contribution in [3.8, 4) is 5.75 Å². The predicted molar refractivity (Wildman–Crippen MR) is 104 cm³/mol. The molecule has 0 aliphatic rings. The fourth-order valence-electron chi connectivity index (χ4n) is 2.71. The Morgan fingerprint density at radius 3 is 2.81 bits per heavy atom. The van der Waals surface area contributed by atoms with Gasteiger partial charge in [-0.25, -0.2) is 4.98 Å². The summed E-state index contributed by atoms with van der Waals surface area (Å²) in [6.07, 6.45) is 0.526. The highest BCUT2D eigenvalue weighted by Crippen LogP contribution is 2.22. The maximum atomic E-state index is 12.5. The van der Waals surface area contributed by atoms with Gasteiger partial charge < -0.3 is 9.72 Å². The van der Waals surface area contributed by atoms with Crippen molar-refractivity contribution in [3.63, 3.8) is 0 Å². The van der Waals surface area contributed by atoms with Crippen LogP contribution in [0, 0.1) is 0 Å². The molecule has 136 valence electrons. The summed E-state index contributed by atoms with van der Waals surface area (Å²) < 4.78 is 5.50. The second-order valence-electron chi connectivity index (χ2n) is 5.76. The molecule has 2 heterocycles. The van der Waals surface area contributed by atoms with Crippen LogP contribution in [0.25, 0.3) is 11.0 Å². The van der Waals surface area contributed by atoms with Gasteiger partial charge in [0.05, 0.1) is 29.6 Å². The lowest BCUT2D eigenvalue weighted by molar-refractivity contribution is 0.102. The van der Waals surface area contributed by atoms with E-state index >= 15 is 0 Å². The number of anilines is 1. The van der Waals surface area contributed by atoms with E-state index in [1.807, 2.05) is 37.3 Å². The van der Waals surface area contributed by atoms with Crippen molar-refractivity contribution in [1.82, 2.24) is 20.2 Å². The van der Waals surface area contributed by atoms with Crippen molar-refractivity contribution in [2.75, 3.05) is 11.9 Å². The van der Waals surface area contributed by atoms with Gasteiger partial charge in [-0.3, -0.25) is 10.1 Å². The van der Waals surface area contributed by atoms with Gasteiger partial charge in [0.2, 0.25) is 5.13 Å². The molecule has 2 N–H and O–H groups in total. The first-order chi connectivity index (χ1) is 13.2. The molecule has 0 atom stereocenters. The van der Waals surface area contributed by atoms with E-state index in [0.29, 0.717) is 29.5 Å². The molecule has 0 spiro atoms. The van der Waals surface area contributed by atoms with Crippen LogP contribution in [0.15, 0.2) is 48.5 Å². The summed E-state index contributed by atoms with van der Waals surface area (Å²) in [7, 11) is 0. The Balaban J connectivity index is 1.47. The average molecular weight is 379 g/mol. The number of rotatable bonds is 6. The highest BCUT2D eigenvalue weighted by atomic mass is 32.1. The van der Waals surface area contributed by atoms with E-state index in [0.717, 1.165) is 21.9 Å². The minimum absolute atomic E-state index is 0.273. The lowest BCUT2D eigenvalue weighted by Gasteiger charge is -2.08. The number of H-pyrrole nitrogens is 1. The number of benzene rings is 2. The third-order valence-corrected chi connectivity index (χ3v) is 4.71. The molecule has 0 aliphatic carbocycles. The maximum Gasteiger partial charge on any atom is 0.261 e. The van der Waals surface area contributed by atoms with Gasteiger partial charge >= 0.3 is 0 Å². The van der Waals surface area contributed by atoms with E-state index in [1.165, 1.54) is 11.3 Å². The van der Waals surface area contributed by atoms with Gasteiger partial charge in [0, 0.05) is 0 Å². The second-order valence-corrected chi connectivity index (χ2v) is 6.82. The lowest BCUT2D eigenvalue weighted by Crippen LogP contribution is -2.13. The molecule has 0 saturated carbocycles. The minimum Gasteiger partial charge on any atom is -0.493 e. The molecule has 0 radical (unpaired) electrons. The molecule has 0 bridgehead atoms. The number of nitrogens with one attached hydrogen (secondary N) is 2. The zero-order valence-corrected chi connectivity index (χ0v) is 15.4. The average Bonchev–Trinajstić information content (AvgIpc) is 3.28. The molecule has 0 unspecified atom stereocenters. The monoisotopic (exact) mass is 379 g/mol. The quantitative estimate of drug-likeness (QED) is 0.533.